The summed E-state index contributed by atoms with van der Waals surface area (Å²) in [6, 6.07) is 0. The molecule has 1 aromatic heterocycles. The first kappa shape index (κ1) is 13.8. The Hall–Kier alpha value is -0.790. The number of aromatic amines is 1. The highest BCUT2D eigenvalue weighted by Gasteiger charge is 2.35. The zero-order valence-electron chi connectivity index (χ0n) is 13.7. The van der Waals surface area contributed by atoms with E-state index in [4.69, 9.17) is 4.98 Å². The molecule has 0 spiro atoms. The molecular weight excluding hydrogens is 256 g/mol. The first-order valence-corrected chi connectivity index (χ1v) is 9.29. The van der Waals surface area contributed by atoms with Crippen molar-refractivity contribution in [3.8, 4) is 0 Å². The van der Waals surface area contributed by atoms with Crippen LogP contribution < -0.4 is 0 Å². The van der Waals surface area contributed by atoms with Gasteiger partial charge in [0.2, 0.25) is 0 Å². The number of hydrogen-bond acceptors (Lipinski definition) is 1. The van der Waals surface area contributed by atoms with Crippen LogP contribution in [-0.4, -0.2) is 9.97 Å². The molecule has 21 heavy (non-hydrogen) atoms. The second-order valence-electron chi connectivity index (χ2n) is 8.25. The number of H-pyrrole nitrogens is 1. The molecule has 1 N–H and O–H groups in total. The van der Waals surface area contributed by atoms with E-state index in [2.05, 4.69) is 18.8 Å². The van der Waals surface area contributed by atoms with E-state index in [9.17, 15) is 0 Å². The summed E-state index contributed by atoms with van der Waals surface area (Å²) in [5, 5.41) is 0. The second kappa shape index (κ2) is 5.44. The Balaban J connectivity index is 1.53. The predicted molar refractivity (Wildman–Crippen MR) is 86.5 cm³/mol. The zero-order valence-corrected chi connectivity index (χ0v) is 13.7. The topological polar surface area (TPSA) is 28.7 Å². The van der Waals surface area contributed by atoms with Gasteiger partial charge < -0.3 is 4.98 Å². The van der Waals surface area contributed by atoms with Crippen LogP contribution >= 0.6 is 0 Å². The first-order chi connectivity index (χ1) is 10.2. The molecule has 0 radical (unpaired) electrons. The lowest BCUT2D eigenvalue weighted by molar-refractivity contribution is 0.153. The Morgan fingerprint density at radius 1 is 0.952 bits per heavy atom. The first-order valence-electron chi connectivity index (χ1n) is 9.29. The van der Waals surface area contributed by atoms with Gasteiger partial charge in [-0.1, -0.05) is 39.5 Å². The SMILES string of the molecule is CC1Cc2[nH]c(C3CCC4CCCCC4C3)nc2C(C)C1. The Morgan fingerprint density at radius 2 is 1.76 bits per heavy atom. The smallest absolute Gasteiger partial charge is 0.109 e. The number of fused-ring (bicyclic) bond motifs is 2. The molecule has 0 aromatic carbocycles. The summed E-state index contributed by atoms with van der Waals surface area (Å²) >= 11 is 0. The van der Waals surface area contributed by atoms with E-state index in [-0.39, 0.29) is 0 Å². The van der Waals surface area contributed by atoms with Crippen LogP contribution in [0.1, 0.15) is 94.3 Å². The predicted octanol–water partition coefficient (Wildman–Crippen LogP) is 5.17. The fourth-order valence-electron chi connectivity index (χ4n) is 5.47. The highest BCUT2D eigenvalue weighted by molar-refractivity contribution is 5.24. The van der Waals surface area contributed by atoms with Crippen LogP contribution in [0.4, 0.5) is 0 Å². The maximum absolute atomic E-state index is 5.07. The van der Waals surface area contributed by atoms with Gasteiger partial charge >= 0.3 is 0 Å². The van der Waals surface area contributed by atoms with Gasteiger partial charge in [-0.3, -0.25) is 0 Å². The summed E-state index contributed by atoms with van der Waals surface area (Å²) < 4.78 is 0. The lowest BCUT2D eigenvalue weighted by Crippen LogP contribution is -2.27. The minimum atomic E-state index is 0.653. The summed E-state index contributed by atoms with van der Waals surface area (Å²) in [6.45, 7) is 4.74. The summed E-state index contributed by atoms with van der Waals surface area (Å²) in [6.07, 6.45) is 12.7. The Kier molecular flexibility index (Phi) is 3.59. The highest BCUT2D eigenvalue weighted by Crippen LogP contribution is 2.46. The van der Waals surface area contributed by atoms with E-state index in [1.807, 2.05) is 0 Å². The van der Waals surface area contributed by atoms with Crippen molar-refractivity contribution in [2.45, 2.75) is 83.5 Å². The van der Waals surface area contributed by atoms with Gasteiger partial charge in [-0.25, -0.2) is 4.98 Å². The average Bonchev–Trinajstić information content (AvgIpc) is 2.91. The number of rotatable bonds is 1. The van der Waals surface area contributed by atoms with E-state index < -0.39 is 0 Å². The van der Waals surface area contributed by atoms with Crippen LogP contribution in [-0.2, 0) is 6.42 Å². The maximum Gasteiger partial charge on any atom is 0.109 e. The van der Waals surface area contributed by atoms with Gasteiger partial charge in [-0.05, 0) is 49.9 Å². The Labute approximate surface area is 129 Å². The molecule has 1 aromatic rings. The third kappa shape index (κ3) is 2.55. The number of nitrogens with zero attached hydrogens (tertiary/aromatic N) is 1. The molecule has 1 heterocycles. The molecular formula is C19H30N2. The Morgan fingerprint density at radius 3 is 2.62 bits per heavy atom. The van der Waals surface area contributed by atoms with Crippen molar-refractivity contribution in [3.05, 3.63) is 17.2 Å². The molecule has 5 atom stereocenters. The summed E-state index contributed by atoms with van der Waals surface area (Å²) in [5.41, 5.74) is 2.86. The minimum absolute atomic E-state index is 0.653. The van der Waals surface area contributed by atoms with Crippen molar-refractivity contribution in [2.24, 2.45) is 17.8 Å². The van der Waals surface area contributed by atoms with Crippen molar-refractivity contribution in [2.75, 3.05) is 0 Å². The summed E-state index contributed by atoms with van der Waals surface area (Å²) in [4.78, 5) is 8.82. The van der Waals surface area contributed by atoms with Gasteiger partial charge in [-0.2, -0.15) is 0 Å². The number of nitrogens with one attached hydrogen (secondary N) is 1. The van der Waals surface area contributed by atoms with Gasteiger partial charge in [0.05, 0.1) is 5.69 Å². The van der Waals surface area contributed by atoms with E-state index in [1.165, 1.54) is 75.0 Å². The molecule has 2 heteroatoms. The molecule has 3 aliphatic rings. The van der Waals surface area contributed by atoms with Crippen LogP contribution in [0.3, 0.4) is 0 Å². The number of imidazole rings is 1. The maximum atomic E-state index is 5.07. The molecule has 2 nitrogen and oxygen atoms in total. The third-order valence-corrected chi connectivity index (χ3v) is 6.53. The van der Waals surface area contributed by atoms with Gasteiger partial charge in [0, 0.05) is 17.5 Å². The van der Waals surface area contributed by atoms with E-state index in [0.29, 0.717) is 5.92 Å². The van der Waals surface area contributed by atoms with Crippen molar-refractivity contribution in [1.29, 1.82) is 0 Å². The van der Waals surface area contributed by atoms with Crippen molar-refractivity contribution >= 4 is 0 Å². The minimum Gasteiger partial charge on any atom is -0.345 e. The quantitative estimate of drug-likeness (QED) is 0.758. The molecule has 0 saturated heterocycles. The fourth-order valence-corrected chi connectivity index (χ4v) is 5.47. The largest absolute Gasteiger partial charge is 0.345 e. The molecule has 3 aliphatic carbocycles. The highest BCUT2D eigenvalue weighted by atomic mass is 15.0. The molecule has 4 rings (SSSR count). The lowest BCUT2D eigenvalue weighted by atomic mass is 9.67. The number of aromatic nitrogens is 2. The van der Waals surface area contributed by atoms with Gasteiger partial charge in [-0.15, -0.1) is 0 Å². The van der Waals surface area contributed by atoms with Crippen LogP contribution in [0.2, 0.25) is 0 Å². The number of hydrogen-bond donors (Lipinski definition) is 1. The molecule has 5 unspecified atom stereocenters. The molecule has 2 fully saturated rings. The second-order valence-corrected chi connectivity index (χ2v) is 8.25. The van der Waals surface area contributed by atoms with Gasteiger partial charge in [0.15, 0.2) is 0 Å². The molecule has 0 aliphatic heterocycles. The van der Waals surface area contributed by atoms with E-state index in [0.717, 1.165) is 23.7 Å². The monoisotopic (exact) mass is 286 g/mol. The zero-order chi connectivity index (χ0) is 14.4. The van der Waals surface area contributed by atoms with Crippen molar-refractivity contribution in [3.63, 3.8) is 0 Å². The molecule has 0 amide bonds. The normalized spacial score (nSPS) is 39.6. The van der Waals surface area contributed by atoms with Crippen molar-refractivity contribution < 1.29 is 0 Å². The Bertz CT molecular complexity index is 504. The summed E-state index contributed by atoms with van der Waals surface area (Å²) in [7, 11) is 0. The van der Waals surface area contributed by atoms with Crippen LogP contribution in [0.5, 0.6) is 0 Å². The van der Waals surface area contributed by atoms with Crippen LogP contribution in [0, 0.1) is 17.8 Å². The average molecular weight is 286 g/mol. The summed E-state index contributed by atoms with van der Waals surface area (Å²) in [5.74, 6) is 5.56. The van der Waals surface area contributed by atoms with Gasteiger partial charge in [0.25, 0.3) is 0 Å². The fraction of sp³-hybridized carbons (Fsp3) is 0.842. The third-order valence-electron chi connectivity index (χ3n) is 6.53. The lowest BCUT2D eigenvalue weighted by Gasteiger charge is -2.38. The standard InChI is InChI=1S/C19H30N2/c1-12-9-13(2)18-17(10-12)20-19(21-18)16-8-7-14-5-3-4-6-15(14)11-16/h12-16H,3-11H2,1-2H3,(H,20,21). The van der Waals surface area contributed by atoms with Crippen LogP contribution in [0.15, 0.2) is 0 Å². The van der Waals surface area contributed by atoms with E-state index >= 15 is 0 Å². The van der Waals surface area contributed by atoms with Crippen LogP contribution in [0.25, 0.3) is 0 Å². The molecule has 0 bridgehead atoms. The van der Waals surface area contributed by atoms with E-state index in [1.54, 1.807) is 0 Å². The van der Waals surface area contributed by atoms with Gasteiger partial charge in [0.1, 0.15) is 5.82 Å². The van der Waals surface area contributed by atoms with Crippen molar-refractivity contribution in [1.82, 2.24) is 9.97 Å². The molecule has 2 saturated carbocycles. The molecule has 116 valence electrons.